The molecule has 0 aliphatic heterocycles. The molecule has 1 aliphatic rings. The summed E-state index contributed by atoms with van der Waals surface area (Å²) in [7, 11) is 0. The van der Waals surface area contributed by atoms with Crippen molar-refractivity contribution in [2.75, 3.05) is 6.54 Å². The monoisotopic (exact) mass is 620 g/mol. The molecule has 46 heavy (non-hydrogen) atoms. The lowest BCUT2D eigenvalue weighted by Crippen LogP contribution is -2.51. The van der Waals surface area contributed by atoms with Crippen LogP contribution < -0.4 is 20.1 Å². The molecular formula is C36H36N4O6. The lowest BCUT2D eigenvalue weighted by Gasteiger charge is -2.46. The second kappa shape index (κ2) is 13.7. The second-order valence-electron chi connectivity index (χ2n) is 12.7. The first-order chi connectivity index (χ1) is 22.0. The number of ether oxygens (including phenoxy) is 2. The van der Waals surface area contributed by atoms with Crippen LogP contribution in [0.25, 0.3) is 0 Å². The maximum absolute atomic E-state index is 13.1. The molecule has 0 spiro atoms. The quantitative estimate of drug-likeness (QED) is 0.205. The van der Waals surface area contributed by atoms with E-state index in [0.717, 1.165) is 6.42 Å². The van der Waals surface area contributed by atoms with Crippen molar-refractivity contribution < 1.29 is 28.7 Å². The first-order valence-electron chi connectivity index (χ1n) is 15.0. The standard InChI is InChI=1S/C36H36N4O6/c1-35(2)18-26(40-34(44)46-30-15-17-38-21-28(30)32(42)25-12-8-5-9-13-25)19-36(3,22-35)23-39-33(43)45-29-14-16-37-20-27(29)31(41)24-10-6-4-7-11-24/h4-17,20-21,26H,18-19,22-23H2,1-3H3,(H,39,43)(H,40,44). The van der Waals surface area contributed by atoms with Gasteiger partial charge in [-0.1, -0.05) is 81.4 Å². The fourth-order valence-corrected chi connectivity index (χ4v) is 6.36. The van der Waals surface area contributed by atoms with E-state index < -0.39 is 17.6 Å². The molecule has 10 heteroatoms. The molecule has 2 aromatic heterocycles. The number of benzene rings is 2. The summed E-state index contributed by atoms with van der Waals surface area (Å²) in [5.41, 5.74) is 0.715. The summed E-state index contributed by atoms with van der Waals surface area (Å²) >= 11 is 0. The third-order valence-corrected chi connectivity index (χ3v) is 7.95. The zero-order valence-corrected chi connectivity index (χ0v) is 26.0. The number of amides is 2. The zero-order valence-electron chi connectivity index (χ0n) is 26.0. The van der Waals surface area contributed by atoms with Crippen molar-refractivity contribution in [1.29, 1.82) is 0 Å². The normalized spacial score (nSPS) is 18.5. The average molecular weight is 621 g/mol. The summed E-state index contributed by atoms with van der Waals surface area (Å²) in [6.45, 7) is 6.54. The first kappa shape index (κ1) is 32.0. The molecule has 2 unspecified atom stereocenters. The molecular weight excluding hydrogens is 584 g/mol. The Labute approximate surface area is 267 Å². The van der Waals surface area contributed by atoms with Gasteiger partial charge in [-0.25, -0.2) is 9.59 Å². The number of aromatic nitrogens is 2. The van der Waals surface area contributed by atoms with E-state index >= 15 is 0 Å². The lowest BCUT2D eigenvalue weighted by molar-refractivity contribution is 0.0700. The fourth-order valence-electron chi connectivity index (χ4n) is 6.36. The van der Waals surface area contributed by atoms with E-state index in [2.05, 4.69) is 34.4 Å². The fraction of sp³-hybridized carbons (Fsp3) is 0.278. The van der Waals surface area contributed by atoms with Gasteiger partial charge in [0.15, 0.2) is 11.6 Å². The van der Waals surface area contributed by atoms with E-state index in [-0.39, 0.29) is 52.2 Å². The van der Waals surface area contributed by atoms with E-state index in [1.807, 2.05) is 19.1 Å². The molecule has 0 radical (unpaired) electrons. The predicted molar refractivity (Wildman–Crippen MR) is 171 cm³/mol. The van der Waals surface area contributed by atoms with Gasteiger partial charge >= 0.3 is 12.2 Å². The molecule has 4 aromatic rings. The molecule has 2 aromatic carbocycles. The Morgan fingerprint density at radius 2 is 1.22 bits per heavy atom. The van der Waals surface area contributed by atoms with Gasteiger partial charge in [0, 0.05) is 60.6 Å². The van der Waals surface area contributed by atoms with Crippen LogP contribution in [0.4, 0.5) is 9.59 Å². The van der Waals surface area contributed by atoms with E-state index in [9.17, 15) is 19.2 Å². The summed E-state index contributed by atoms with van der Waals surface area (Å²) in [6.07, 6.45) is 6.33. The van der Waals surface area contributed by atoms with Gasteiger partial charge < -0.3 is 20.1 Å². The van der Waals surface area contributed by atoms with Gasteiger partial charge in [0.1, 0.15) is 11.5 Å². The highest BCUT2D eigenvalue weighted by atomic mass is 16.6. The number of rotatable bonds is 9. The summed E-state index contributed by atoms with van der Waals surface area (Å²) in [4.78, 5) is 60.2. The van der Waals surface area contributed by atoms with Crippen molar-refractivity contribution in [1.82, 2.24) is 20.6 Å². The Balaban J connectivity index is 1.21. The summed E-state index contributed by atoms with van der Waals surface area (Å²) in [5.74, 6) is -0.380. The van der Waals surface area contributed by atoms with Crippen LogP contribution >= 0.6 is 0 Å². The van der Waals surface area contributed by atoms with E-state index in [1.54, 1.807) is 48.5 Å². The molecule has 1 saturated carbocycles. The SMILES string of the molecule is CC1(C)CC(NC(=O)Oc2ccncc2C(=O)c2ccccc2)CC(C)(CNC(=O)Oc2ccncc2C(=O)c2ccccc2)C1. The number of pyridine rings is 2. The number of nitrogens with zero attached hydrogens (tertiary/aromatic N) is 2. The molecule has 2 amide bonds. The van der Waals surface area contributed by atoms with E-state index in [0.29, 0.717) is 24.0 Å². The van der Waals surface area contributed by atoms with Gasteiger partial charge in [-0.15, -0.1) is 0 Å². The van der Waals surface area contributed by atoms with Gasteiger partial charge in [0.05, 0.1) is 11.1 Å². The Bertz CT molecular complexity index is 1730. The molecule has 0 bridgehead atoms. The number of nitrogens with one attached hydrogen (secondary N) is 2. The molecule has 1 fully saturated rings. The smallest absolute Gasteiger partial charge is 0.409 e. The molecule has 2 heterocycles. The number of hydrogen-bond acceptors (Lipinski definition) is 8. The van der Waals surface area contributed by atoms with Crippen molar-refractivity contribution in [2.45, 2.75) is 46.1 Å². The predicted octanol–water partition coefficient (Wildman–Crippen LogP) is 6.40. The van der Waals surface area contributed by atoms with E-state index in [1.165, 1.54) is 36.9 Å². The Hall–Kier alpha value is -5.38. The maximum Gasteiger partial charge on any atom is 0.412 e. The van der Waals surface area contributed by atoms with Crippen molar-refractivity contribution in [3.8, 4) is 11.5 Å². The average Bonchev–Trinajstić information content (AvgIpc) is 3.03. The van der Waals surface area contributed by atoms with Crippen molar-refractivity contribution in [3.05, 3.63) is 120 Å². The van der Waals surface area contributed by atoms with Crippen LogP contribution in [0.1, 0.15) is 71.9 Å². The van der Waals surface area contributed by atoms with Crippen LogP contribution in [0.15, 0.2) is 97.6 Å². The molecule has 1 aliphatic carbocycles. The molecule has 2 N–H and O–H groups in total. The van der Waals surface area contributed by atoms with Gasteiger partial charge in [0.2, 0.25) is 0 Å². The van der Waals surface area contributed by atoms with Gasteiger partial charge in [0.25, 0.3) is 0 Å². The number of carbonyl (C=O) groups is 4. The van der Waals surface area contributed by atoms with E-state index in [4.69, 9.17) is 9.47 Å². The number of carbonyl (C=O) groups excluding carboxylic acids is 4. The van der Waals surface area contributed by atoms with Crippen LogP contribution in [0.3, 0.4) is 0 Å². The van der Waals surface area contributed by atoms with Crippen LogP contribution in [0, 0.1) is 10.8 Å². The van der Waals surface area contributed by atoms with Crippen molar-refractivity contribution >= 4 is 23.8 Å². The minimum absolute atomic E-state index is 0.110. The zero-order chi connectivity index (χ0) is 32.7. The lowest BCUT2D eigenvalue weighted by atomic mass is 9.62. The number of ketones is 2. The minimum atomic E-state index is -0.699. The highest BCUT2D eigenvalue weighted by Gasteiger charge is 2.42. The highest BCUT2D eigenvalue weighted by molar-refractivity contribution is 6.11. The van der Waals surface area contributed by atoms with Crippen molar-refractivity contribution in [2.24, 2.45) is 10.8 Å². The largest absolute Gasteiger partial charge is 0.412 e. The summed E-state index contributed by atoms with van der Waals surface area (Å²) in [5, 5.41) is 5.82. The topological polar surface area (TPSA) is 137 Å². The van der Waals surface area contributed by atoms with Crippen LogP contribution in [-0.2, 0) is 0 Å². The summed E-state index contributed by atoms with van der Waals surface area (Å²) < 4.78 is 11.2. The molecule has 236 valence electrons. The maximum atomic E-state index is 13.1. The Morgan fingerprint density at radius 1 is 0.717 bits per heavy atom. The second-order valence-corrected chi connectivity index (χ2v) is 12.7. The van der Waals surface area contributed by atoms with Crippen molar-refractivity contribution in [3.63, 3.8) is 0 Å². The third-order valence-electron chi connectivity index (χ3n) is 7.95. The highest BCUT2D eigenvalue weighted by Crippen LogP contribution is 2.46. The molecule has 2 atom stereocenters. The van der Waals surface area contributed by atoms with Crippen LogP contribution in [0.2, 0.25) is 0 Å². The Morgan fingerprint density at radius 3 is 1.74 bits per heavy atom. The van der Waals surface area contributed by atoms with Crippen LogP contribution in [-0.4, -0.2) is 46.3 Å². The Kier molecular flexibility index (Phi) is 9.55. The molecule has 10 nitrogen and oxygen atoms in total. The summed E-state index contributed by atoms with van der Waals surface area (Å²) in [6, 6.07) is 20.1. The molecule has 0 saturated heterocycles. The van der Waals surface area contributed by atoms with Gasteiger partial charge in [-0.05, 0) is 30.1 Å². The first-order valence-corrected chi connectivity index (χ1v) is 15.0. The number of hydrogen-bond donors (Lipinski definition) is 2. The van der Waals surface area contributed by atoms with Gasteiger partial charge in [-0.2, -0.15) is 0 Å². The third kappa shape index (κ3) is 8.01. The molecule has 5 rings (SSSR count). The minimum Gasteiger partial charge on any atom is -0.409 e. The van der Waals surface area contributed by atoms with Crippen LogP contribution in [0.5, 0.6) is 11.5 Å². The van der Waals surface area contributed by atoms with Gasteiger partial charge in [-0.3, -0.25) is 19.6 Å².